The number of likely N-dealkylation sites (tertiary alicyclic amines) is 1. The first-order valence-corrected chi connectivity index (χ1v) is 9.90. The summed E-state index contributed by atoms with van der Waals surface area (Å²) in [5, 5.41) is 7.56. The van der Waals surface area contributed by atoms with Crippen molar-refractivity contribution in [2.24, 2.45) is 5.92 Å². The Balaban J connectivity index is 2.09. The van der Waals surface area contributed by atoms with E-state index in [2.05, 4.69) is 4.90 Å². The zero-order valence-corrected chi connectivity index (χ0v) is 16.7. The van der Waals surface area contributed by atoms with E-state index in [1.54, 1.807) is 24.3 Å². The van der Waals surface area contributed by atoms with Gasteiger partial charge in [-0.15, -0.1) is 0 Å². The van der Waals surface area contributed by atoms with Crippen molar-refractivity contribution >= 4 is 35.7 Å². The molecule has 1 aliphatic carbocycles. The van der Waals surface area contributed by atoms with Gasteiger partial charge < -0.3 is 10.2 Å². The first-order valence-electron chi connectivity index (χ1n) is 9.14. The molecule has 0 amide bonds. The number of aldehydes is 1. The predicted octanol–water partition coefficient (Wildman–Crippen LogP) is 5.33. The summed E-state index contributed by atoms with van der Waals surface area (Å²) in [4.78, 5) is 14.7. The van der Waals surface area contributed by atoms with Crippen molar-refractivity contribution in [3.8, 4) is 0 Å². The Kier molecular flexibility index (Phi) is 6.19. The molecule has 6 heteroatoms. The van der Waals surface area contributed by atoms with Crippen molar-refractivity contribution in [3.05, 3.63) is 57.4 Å². The third-order valence-electron chi connectivity index (χ3n) is 5.72. The highest BCUT2D eigenvalue weighted by Gasteiger charge is 2.52. The number of hydrogen-bond donors (Lipinski definition) is 1. The van der Waals surface area contributed by atoms with E-state index in [1.165, 1.54) is 18.9 Å². The third-order valence-corrected chi connectivity index (χ3v) is 6.24. The van der Waals surface area contributed by atoms with Crippen LogP contribution >= 0.6 is 23.2 Å². The lowest BCUT2D eigenvalue weighted by Crippen LogP contribution is -2.50. The van der Waals surface area contributed by atoms with Gasteiger partial charge in [-0.2, -0.15) is 0 Å². The minimum atomic E-state index is -0.941. The Morgan fingerprint density at radius 3 is 2.74 bits per heavy atom. The molecule has 27 heavy (non-hydrogen) atoms. The molecule has 1 aliphatic heterocycles. The van der Waals surface area contributed by atoms with Gasteiger partial charge in [-0.1, -0.05) is 41.4 Å². The van der Waals surface area contributed by atoms with Crippen LogP contribution in [0, 0.1) is 17.1 Å². The normalized spacial score (nSPS) is 27.0. The van der Waals surface area contributed by atoms with Crippen LogP contribution in [0.1, 0.15) is 37.7 Å². The van der Waals surface area contributed by atoms with Crippen LogP contribution in [0.3, 0.4) is 0 Å². The highest BCUT2D eigenvalue weighted by atomic mass is 35.5. The fourth-order valence-corrected chi connectivity index (χ4v) is 4.35. The van der Waals surface area contributed by atoms with Gasteiger partial charge in [-0.05, 0) is 55.4 Å². The second-order valence-corrected chi connectivity index (χ2v) is 8.21. The molecule has 2 unspecified atom stereocenters. The summed E-state index contributed by atoms with van der Waals surface area (Å²) in [6.45, 7) is 3.42. The lowest BCUT2D eigenvalue weighted by Gasteiger charge is -2.39. The lowest BCUT2D eigenvalue weighted by molar-refractivity contribution is -0.116. The van der Waals surface area contributed by atoms with Gasteiger partial charge in [0.1, 0.15) is 17.6 Å². The highest BCUT2D eigenvalue weighted by molar-refractivity contribution is 6.39. The minimum Gasteiger partial charge on any atom is -0.307 e. The van der Waals surface area contributed by atoms with Crippen molar-refractivity contribution in [3.63, 3.8) is 0 Å². The molecule has 0 bridgehead atoms. The van der Waals surface area contributed by atoms with Gasteiger partial charge in [-0.3, -0.25) is 4.90 Å². The van der Waals surface area contributed by atoms with Crippen molar-refractivity contribution in [1.82, 2.24) is 4.90 Å². The molecular formula is C21H23Cl2FN2O. The number of allylic oxidation sites excluding steroid dienone is 3. The molecule has 1 aromatic carbocycles. The van der Waals surface area contributed by atoms with Crippen LogP contribution in [0.25, 0.3) is 0 Å². The molecule has 1 N–H and O–H groups in total. The second kappa shape index (κ2) is 8.26. The van der Waals surface area contributed by atoms with Gasteiger partial charge >= 0.3 is 0 Å². The van der Waals surface area contributed by atoms with Gasteiger partial charge in [0.25, 0.3) is 0 Å². The molecule has 1 aromatic rings. The average Bonchev–Trinajstić information content (AvgIpc) is 3.41. The Morgan fingerprint density at radius 1 is 1.37 bits per heavy atom. The van der Waals surface area contributed by atoms with E-state index in [0.717, 1.165) is 31.2 Å². The van der Waals surface area contributed by atoms with Gasteiger partial charge in [0, 0.05) is 25.2 Å². The molecule has 1 saturated carbocycles. The van der Waals surface area contributed by atoms with Gasteiger partial charge in [0.05, 0.1) is 10.1 Å². The molecule has 1 heterocycles. The third kappa shape index (κ3) is 3.89. The second-order valence-electron chi connectivity index (χ2n) is 7.36. The maximum Gasteiger partial charge on any atom is 0.145 e. The van der Waals surface area contributed by atoms with E-state index in [1.807, 2.05) is 6.92 Å². The summed E-state index contributed by atoms with van der Waals surface area (Å²) in [5.74, 6) is -0.179. The number of benzene rings is 1. The molecule has 0 radical (unpaired) electrons. The van der Waals surface area contributed by atoms with Crippen molar-refractivity contribution < 1.29 is 9.18 Å². The molecule has 1 saturated heterocycles. The molecule has 144 valence electrons. The molecule has 0 spiro atoms. The van der Waals surface area contributed by atoms with Gasteiger partial charge in [0.2, 0.25) is 0 Å². The quantitative estimate of drug-likeness (QED) is 0.376. The molecule has 2 aliphatic rings. The standard InChI is InChI=1S/C21H23Cl2FN2O/c1-14(5-8-16(22)11-25)21(13-27)18(9-10-26(21)12-15-6-7-15)17-3-2-4-19(23)20(17)24/h2-5,8,11,13,15,18,25H,6-7,9-10,12H2,1H3/b14-5+,16-8+,25-11?. The van der Waals surface area contributed by atoms with Crippen molar-refractivity contribution in [2.45, 2.75) is 37.6 Å². The van der Waals surface area contributed by atoms with E-state index in [0.29, 0.717) is 17.9 Å². The first-order chi connectivity index (χ1) is 12.9. The highest BCUT2D eigenvalue weighted by Crippen LogP contribution is 2.48. The molecule has 2 fully saturated rings. The number of carbonyl (C=O) groups is 1. The predicted molar refractivity (Wildman–Crippen MR) is 108 cm³/mol. The van der Waals surface area contributed by atoms with E-state index in [4.69, 9.17) is 28.6 Å². The molecule has 0 aromatic heterocycles. The topological polar surface area (TPSA) is 44.2 Å². The van der Waals surface area contributed by atoms with Crippen LogP contribution in [-0.2, 0) is 4.79 Å². The van der Waals surface area contributed by atoms with Crippen molar-refractivity contribution in [1.29, 1.82) is 5.41 Å². The fraction of sp³-hybridized carbons (Fsp3) is 0.429. The lowest BCUT2D eigenvalue weighted by atomic mass is 9.75. The number of nitrogens with one attached hydrogen (secondary N) is 1. The number of carbonyl (C=O) groups excluding carboxylic acids is 1. The van der Waals surface area contributed by atoms with Crippen LogP contribution in [0.5, 0.6) is 0 Å². The number of halogens is 3. The number of hydrogen-bond acceptors (Lipinski definition) is 3. The Morgan fingerprint density at radius 2 is 2.11 bits per heavy atom. The SMILES string of the molecule is C/C(=C\C=C(\Cl)C=N)C1(C=O)C(c2cccc(Cl)c2F)CCN1CC1CC1. The summed E-state index contributed by atoms with van der Waals surface area (Å²) in [6.07, 6.45) is 8.38. The van der Waals surface area contributed by atoms with E-state index >= 15 is 0 Å². The van der Waals surface area contributed by atoms with E-state index in [-0.39, 0.29) is 16.0 Å². The zero-order chi connectivity index (χ0) is 19.6. The number of rotatable bonds is 7. The maximum atomic E-state index is 14.8. The van der Waals surface area contributed by atoms with E-state index < -0.39 is 11.4 Å². The average molecular weight is 409 g/mol. The summed E-state index contributed by atoms with van der Waals surface area (Å²) >= 11 is 11.9. The van der Waals surface area contributed by atoms with Crippen LogP contribution in [0.15, 0.2) is 41.0 Å². The van der Waals surface area contributed by atoms with E-state index in [9.17, 15) is 9.18 Å². The van der Waals surface area contributed by atoms with Gasteiger partial charge in [-0.25, -0.2) is 4.39 Å². The molecular weight excluding hydrogens is 386 g/mol. The van der Waals surface area contributed by atoms with Gasteiger partial charge in [0.15, 0.2) is 0 Å². The van der Waals surface area contributed by atoms with Crippen molar-refractivity contribution in [2.75, 3.05) is 13.1 Å². The summed E-state index contributed by atoms with van der Waals surface area (Å²) in [5.41, 5.74) is 0.326. The monoisotopic (exact) mass is 408 g/mol. The molecule has 2 atom stereocenters. The minimum absolute atomic E-state index is 0.0707. The van der Waals surface area contributed by atoms with Crippen LogP contribution in [0.4, 0.5) is 4.39 Å². The van der Waals surface area contributed by atoms with Crippen LogP contribution in [0.2, 0.25) is 5.02 Å². The van der Waals surface area contributed by atoms with Crippen LogP contribution in [-0.4, -0.2) is 36.0 Å². The molecule has 3 rings (SSSR count). The Bertz CT molecular complexity index is 803. The summed E-state index contributed by atoms with van der Waals surface area (Å²) < 4.78 is 14.8. The summed E-state index contributed by atoms with van der Waals surface area (Å²) in [6, 6.07) is 4.97. The zero-order valence-electron chi connectivity index (χ0n) is 15.2. The van der Waals surface area contributed by atoms with Crippen LogP contribution < -0.4 is 0 Å². The summed E-state index contributed by atoms with van der Waals surface area (Å²) in [7, 11) is 0. The first kappa shape index (κ1) is 20.2. The fourth-order valence-electron chi connectivity index (χ4n) is 4.11. The Labute approximate surface area is 169 Å². The smallest absolute Gasteiger partial charge is 0.145 e. The Hall–Kier alpha value is -1.49. The molecule has 3 nitrogen and oxygen atoms in total. The number of nitrogens with zero attached hydrogens (tertiary/aromatic N) is 1. The largest absolute Gasteiger partial charge is 0.307 e. The maximum absolute atomic E-state index is 14.8.